The van der Waals surface area contributed by atoms with Gasteiger partial charge in [-0.2, -0.15) is 12.2 Å². The van der Waals surface area contributed by atoms with Gasteiger partial charge in [0.2, 0.25) is 0 Å². The summed E-state index contributed by atoms with van der Waals surface area (Å²) in [5.41, 5.74) is 5.20. The van der Waals surface area contributed by atoms with Crippen molar-refractivity contribution in [3.63, 3.8) is 0 Å². The zero-order valence-electron chi connectivity index (χ0n) is 18.0. The van der Waals surface area contributed by atoms with Crippen molar-refractivity contribution in [1.29, 1.82) is 0 Å². The van der Waals surface area contributed by atoms with E-state index in [1.165, 1.54) is 49.7 Å². The van der Waals surface area contributed by atoms with Gasteiger partial charge in [-0.05, 0) is 0 Å². The molecule has 0 N–H and O–H groups in total. The van der Waals surface area contributed by atoms with Gasteiger partial charge >= 0.3 is 99.2 Å². The molecule has 2 unspecified atom stereocenters. The Bertz CT molecular complexity index is 804. The van der Waals surface area contributed by atoms with Crippen molar-refractivity contribution in [3.05, 3.63) is 119 Å². The number of allylic oxidation sites excluding steroid dienone is 8. The van der Waals surface area contributed by atoms with Gasteiger partial charge in [0.25, 0.3) is 0 Å². The normalized spacial score (nSPS) is 17.8. The van der Waals surface area contributed by atoms with E-state index in [0.717, 1.165) is 0 Å². The van der Waals surface area contributed by atoms with Crippen LogP contribution in [0.2, 0.25) is 0 Å². The van der Waals surface area contributed by atoms with Crippen molar-refractivity contribution in [3.8, 4) is 0 Å². The third-order valence-corrected chi connectivity index (χ3v) is 5.72. The molecule has 2 aromatic rings. The van der Waals surface area contributed by atoms with Gasteiger partial charge in [0.1, 0.15) is 0 Å². The maximum atomic E-state index is 3.22. The Hall–Kier alpha value is -1.27. The van der Waals surface area contributed by atoms with E-state index >= 15 is 0 Å². The predicted molar refractivity (Wildman–Crippen MR) is 118 cm³/mol. The third-order valence-electron chi connectivity index (χ3n) is 4.31. The average molecular weight is 515 g/mol. The molecular formula is C27H28Cl2Zr-2. The summed E-state index contributed by atoms with van der Waals surface area (Å²) in [6, 6.07) is 21.1. The number of halogens is 2. The summed E-state index contributed by atoms with van der Waals surface area (Å²) < 4.78 is 1.42. The third kappa shape index (κ3) is 10.7. The summed E-state index contributed by atoms with van der Waals surface area (Å²) in [5.74, 6) is 1.11. The van der Waals surface area contributed by atoms with Gasteiger partial charge in [0.15, 0.2) is 0 Å². The Balaban J connectivity index is 0.000000448. The molecule has 2 atom stereocenters. The number of benzene rings is 2. The standard InChI is InChI=1S/C13H10.2C7H9.2ClH.Zr/c1-3-7-12(8-4-1)11-13-9-5-2-6-10-13;2*1-6-3-4-7(2)5-6;;;/h1-10H;2*3-4,6H,1-2H3;2*1H;/q;2*-1;;;+2/p-2. The first-order valence-electron chi connectivity index (χ1n) is 9.71. The first-order valence-corrected chi connectivity index (χ1v) is 10.9. The van der Waals surface area contributed by atoms with Crippen molar-refractivity contribution < 1.29 is 49.0 Å². The van der Waals surface area contributed by atoms with Crippen molar-refractivity contribution in [1.82, 2.24) is 0 Å². The first-order chi connectivity index (χ1) is 13.5. The van der Waals surface area contributed by atoms with Gasteiger partial charge in [0, 0.05) is 0 Å². The maximum absolute atomic E-state index is 3.22. The fourth-order valence-electron chi connectivity index (χ4n) is 2.86. The van der Waals surface area contributed by atoms with Gasteiger partial charge in [-0.25, -0.2) is 23.3 Å². The molecule has 0 aliphatic heterocycles. The minimum atomic E-state index is 0. The van der Waals surface area contributed by atoms with Crippen LogP contribution in [0.15, 0.2) is 96.1 Å². The van der Waals surface area contributed by atoms with Crippen LogP contribution in [0.4, 0.5) is 0 Å². The first kappa shape index (κ1) is 28.7. The Kier molecular flexibility index (Phi) is 14.9. The summed E-state index contributed by atoms with van der Waals surface area (Å²) in [5, 5.41) is 0. The van der Waals surface area contributed by atoms with Crippen LogP contribution in [0.1, 0.15) is 38.8 Å². The molecule has 0 nitrogen and oxygen atoms in total. The van der Waals surface area contributed by atoms with Crippen LogP contribution in [-0.2, 0) is 24.2 Å². The molecule has 156 valence electrons. The van der Waals surface area contributed by atoms with E-state index in [9.17, 15) is 0 Å². The summed E-state index contributed by atoms with van der Waals surface area (Å²) in [6.45, 7) is 8.40. The fourth-order valence-corrected chi connectivity index (χ4v) is 3.68. The SMILES string of the molecule is CC1=[C-]C(C)C=C1.CC1=[C-]C(C)C=C1.[Cl-].[Cl-].[Zr+2]=[C](c1ccccc1)c1ccccc1. The second-order valence-corrected chi connectivity index (χ2v) is 8.29. The van der Waals surface area contributed by atoms with E-state index in [1.807, 2.05) is 0 Å². The molecule has 0 amide bonds. The molecule has 4 rings (SSSR count). The van der Waals surface area contributed by atoms with Gasteiger partial charge in [-0.1, -0.05) is 39.5 Å². The second-order valence-electron chi connectivity index (χ2n) is 7.06. The monoisotopic (exact) mass is 512 g/mol. The van der Waals surface area contributed by atoms with E-state index < -0.39 is 0 Å². The van der Waals surface area contributed by atoms with E-state index in [1.54, 1.807) is 0 Å². The number of rotatable bonds is 2. The molecule has 0 radical (unpaired) electrons. The van der Waals surface area contributed by atoms with Gasteiger partial charge in [-0.15, -0.1) is 0 Å². The average Bonchev–Trinajstić information content (AvgIpc) is 3.29. The van der Waals surface area contributed by atoms with E-state index in [4.69, 9.17) is 0 Å². The summed E-state index contributed by atoms with van der Waals surface area (Å²) >= 11 is 1.46. The molecule has 2 aromatic carbocycles. The second kappa shape index (κ2) is 15.5. The number of hydrogen-bond acceptors (Lipinski definition) is 0. The molecule has 0 bridgehead atoms. The summed E-state index contributed by atoms with van der Waals surface area (Å²) in [4.78, 5) is 0. The molecule has 2 aliphatic rings. The predicted octanol–water partition coefficient (Wildman–Crippen LogP) is 0.694. The molecule has 0 fully saturated rings. The molecular weight excluding hydrogens is 486 g/mol. The minimum absolute atomic E-state index is 0. The topological polar surface area (TPSA) is 0 Å². The van der Waals surface area contributed by atoms with Gasteiger partial charge < -0.3 is 24.8 Å². The number of hydrogen-bond donors (Lipinski definition) is 0. The van der Waals surface area contributed by atoms with Crippen LogP contribution in [0, 0.1) is 24.0 Å². The Morgan fingerprint density at radius 1 is 0.667 bits per heavy atom. The molecule has 30 heavy (non-hydrogen) atoms. The molecule has 3 heteroatoms. The van der Waals surface area contributed by atoms with Crippen molar-refractivity contribution in [2.24, 2.45) is 11.8 Å². The van der Waals surface area contributed by atoms with E-state index in [2.05, 4.69) is 125 Å². The molecule has 0 saturated heterocycles. The fraction of sp³-hybridized carbons (Fsp3) is 0.222. The van der Waals surface area contributed by atoms with Gasteiger partial charge in [0.05, 0.1) is 0 Å². The summed E-state index contributed by atoms with van der Waals surface area (Å²) in [6.07, 6.45) is 14.9. The van der Waals surface area contributed by atoms with E-state index in [-0.39, 0.29) is 24.8 Å². The molecule has 0 saturated carbocycles. The van der Waals surface area contributed by atoms with Crippen LogP contribution in [-0.4, -0.2) is 3.21 Å². The van der Waals surface area contributed by atoms with Crippen LogP contribution < -0.4 is 24.8 Å². The van der Waals surface area contributed by atoms with Crippen molar-refractivity contribution >= 4 is 3.21 Å². The Labute approximate surface area is 210 Å². The van der Waals surface area contributed by atoms with Crippen LogP contribution >= 0.6 is 0 Å². The van der Waals surface area contributed by atoms with Crippen LogP contribution in [0.5, 0.6) is 0 Å². The van der Waals surface area contributed by atoms with Crippen molar-refractivity contribution in [2.45, 2.75) is 27.7 Å². The zero-order chi connectivity index (χ0) is 20.4. The summed E-state index contributed by atoms with van der Waals surface area (Å²) in [7, 11) is 0. The molecule has 2 aliphatic carbocycles. The quantitative estimate of drug-likeness (QED) is 0.518. The zero-order valence-corrected chi connectivity index (χ0v) is 22.0. The van der Waals surface area contributed by atoms with Crippen LogP contribution in [0.25, 0.3) is 0 Å². The molecule has 0 aromatic heterocycles. The Morgan fingerprint density at radius 2 is 1.00 bits per heavy atom. The molecule has 0 spiro atoms. The van der Waals surface area contributed by atoms with Crippen molar-refractivity contribution in [2.75, 3.05) is 0 Å². The Morgan fingerprint density at radius 3 is 1.20 bits per heavy atom. The van der Waals surface area contributed by atoms with Crippen LogP contribution in [0.3, 0.4) is 0 Å². The van der Waals surface area contributed by atoms with Gasteiger partial charge in [-0.3, -0.25) is 12.2 Å². The molecule has 0 heterocycles. The van der Waals surface area contributed by atoms with E-state index in [0.29, 0.717) is 11.8 Å².